The number of hydrogen-bond acceptors (Lipinski definition) is 8. The van der Waals surface area contributed by atoms with Gasteiger partial charge in [-0.15, -0.1) is 11.8 Å². The third-order valence-electron chi connectivity index (χ3n) is 6.02. The monoisotopic (exact) mass is 582 g/mol. The van der Waals surface area contributed by atoms with Gasteiger partial charge in [-0.05, 0) is 63.5 Å². The Labute approximate surface area is 245 Å². The van der Waals surface area contributed by atoms with Crippen LogP contribution < -0.4 is 10.1 Å². The highest BCUT2D eigenvalue weighted by Crippen LogP contribution is 2.36. The molecule has 0 radical (unpaired) electrons. The summed E-state index contributed by atoms with van der Waals surface area (Å²) >= 11 is 1.30. The molecule has 10 heteroatoms. The lowest BCUT2D eigenvalue weighted by molar-refractivity contribution is -0.154. The highest BCUT2D eigenvalue weighted by Gasteiger charge is 2.52. The van der Waals surface area contributed by atoms with Crippen molar-refractivity contribution >= 4 is 35.5 Å². The number of nitrogens with one attached hydrogen (secondary N) is 1. The topological polar surface area (TPSA) is 111 Å². The number of carbonyl (C=O) groups excluding carboxylic acids is 4. The van der Waals surface area contributed by atoms with E-state index in [-0.39, 0.29) is 37.0 Å². The standard InChI is InChI=1S/C31H38N2O7S/c1-20(2)27(30(37)39-19-22-12-14-23(38-6)15-13-22)33-28(36)26(32-24(34)18-21-10-8-7-9-11-21)29(33)41-17-16-25(35)40-31(3,4)5/h7-15,26,29H,16-19H2,1-6H3,(H,32,34). The van der Waals surface area contributed by atoms with Crippen molar-refractivity contribution in [1.82, 2.24) is 10.2 Å². The SMILES string of the molecule is COc1ccc(COC(=O)C(=C(C)C)N2C(=O)C(NC(=O)Cc3ccccc3)C2SCCC(=O)OC(C)(C)C)cc1. The van der Waals surface area contributed by atoms with Crippen LogP contribution in [0.1, 0.15) is 52.2 Å². The molecule has 1 saturated heterocycles. The maximum absolute atomic E-state index is 13.4. The van der Waals surface area contributed by atoms with Crippen LogP contribution in [-0.2, 0) is 41.7 Å². The fourth-order valence-corrected chi connectivity index (χ4v) is 5.41. The molecule has 1 N–H and O–H groups in total. The predicted octanol–water partition coefficient (Wildman–Crippen LogP) is 4.39. The summed E-state index contributed by atoms with van der Waals surface area (Å²) in [4.78, 5) is 53.1. The fraction of sp³-hybridized carbons (Fsp3) is 0.419. The van der Waals surface area contributed by atoms with E-state index >= 15 is 0 Å². The van der Waals surface area contributed by atoms with E-state index in [0.717, 1.165) is 11.1 Å². The van der Waals surface area contributed by atoms with Gasteiger partial charge in [-0.25, -0.2) is 4.79 Å². The predicted molar refractivity (Wildman–Crippen MR) is 157 cm³/mol. The Morgan fingerprint density at radius 2 is 1.63 bits per heavy atom. The molecule has 1 fully saturated rings. The Kier molecular flexibility index (Phi) is 11.0. The number of allylic oxidation sites excluding steroid dienone is 1. The van der Waals surface area contributed by atoms with Gasteiger partial charge in [-0.2, -0.15) is 0 Å². The van der Waals surface area contributed by atoms with E-state index in [4.69, 9.17) is 14.2 Å². The van der Waals surface area contributed by atoms with Crippen molar-refractivity contribution < 1.29 is 33.4 Å². The molecule has 1 aliphatic rings. The molecule has 1 aliphatic heterocycles. The summed E-state index contributed by atoms with van der Waals surface area (Å²) in [5.74, 6) is -0.741. The van der Waals surface area contributed by atoms with Crippen LogP contribution in [0.4, 0.5) is 0 Å². The van der Waals surface area contributed by atoms with Crippen LogP contribution in [0.3, 0.4) is 0 Å². The molecular formula is C31H38N2O7S. The normalized spacial score (nSPS) is 16.3. The van der Waals surface area contributed by atoms with Gasteiger partial charge < -0.3 is 19.5 Å². The maximum atomic E-state index is 13.4. The van der Waals surface area contributed by atoms with E-state index < -0.39 is 28.9 Å². The number of thioether (sulfide) groups is 1. The molecule has 0 aromatic heterocycles. The second-order valence-corrected chi connectivity index (χ2v) is 12.0. The largest absolute Gasteiger partial charge is 0.497 e. The summed E-state index contributed by atoms with van der Waals surface area (Å²) in [7, 11) is 1.57. The molecule has 0 bridgehead atoms. The van der Waals surface area contributed by atoms with Crippen LogP contribution in [0.2, 0.25) is 0 Å². The van der Waals surface area contributed by atoms with Crippen molar-refractivity contribution in [2.24, 2.45) is 0 Å². The van der Waals surface area contributed by atoms with Crippen LogP contribution in [0.15, 0.2) is 65.9 Å². The Hall–Kier alpha value is -3.79. The molecule has 2 aromatic rings. The number of methoxy groups -OCH3 is 1. The molecular weight excluding hydrogens is 544 g/mol. The zero-order valence-electron chi connectivity index (χ0n) is 24.4. The summed E-state index contributed by atoms with van der Waals surface area (Å²) in [5.41, 5.74) is 1.67. The van der Waals surface area contributed by atoms with Crippen LogP contribution in [0, 0.1) is 0 Å². The van der Waals surface area contributed by atoms with Crippen molar-refractivity contribution in [2.45, 2.75) is 71.1 Å². The Morgan fingerprint density at radius 1 is 0.976 bits per heavy atom. The van der Waals surface area contributed by atoms with Crippen molar-refractivity contribution in [1.29, 1.82) is 0 Å². The highest BCUT2D eigenvalue weighted by atomic mass is 32.2. The van der Waals surface area contributed by atoms with E-state index in [0.29, 0.717) is 17.1 Å². The number of esters is 2. The van der Waals surface area contributed by atoms with Crippen molar-refractivity contribution in [2.75, 3.05) is 12.9 Å². The van der Waals surface area contributed by atoms with Gasteiger partial charge in [-0.1, -0.05) is 42.5 Å². The summed E-state index contributed by atoms with van der Waals surface area (Å²) in [6.07, 6.45) is 0.219. The number of amides is 2. The first-order valence-corrected chi connectivity index (χ1v) is 14.4. The van der Waals surface area contributed by atoms with E-state index in [2.05, 4.69) is 5.32 Å². The minimum Gasteiger partial charge on any atom is -0.497 e. The van der Waals surface area contributed by atoms with Crippen LogP contribution in [-0.4, -0.2) is 58.5 Å². The van der Waals surface area contributed by atoms with Gasteiger partial charge in [-0.3, -0.25) is 19.3 Å². The minimum atomic E-state index is -0.862. The average molecular weight is 583 g/mol. The number of hydrogen-bond donors (Lipinski definition) is 1. The zero-order chi connectivity index (χ0) is 30.2. The van der Waals surface area contributed by atoms with Crippen molar-refractivity contribution in [3.05, 3.63) is 77.0 Å². The molecule has 0 aliphatic carbocycles. The lowest BCUT2D eigenvalue weighted by atomic mass is 10.0. The van der Waals surface area contributed by atoms with Crippen LogP contribution in [0.5, 0.6) is 5.75 Å². The van der Waals surface area contributed by atoms with E-state index in [1.54, 1.807) is 66.0 Å². The van der Waals surface area contributed by atoms with Crippen LogP contribution in [0.25, 0.3) is 0 Å². The summed E-state index contributed by atoms with van der Waals surface area (Å²) in [5, 5.41) is 2.21. The lowest BCUT2D eigenvalue weighted by Crippen LogP contribution is -2.69. The first-order valence-electron chi connectivity index (χ1n) is 13.4. The minimum absolute atomic E-state index is 0.00926. The molecule has 2 unspecified atom stereocenters. The van der Waals surface area contributed by atoms with E-state index in [1.165, 1.54) is 16.7 Å². The van der Waals surface area contributed by atoms with E-state index in [9.17, 15) is 19.2 Å². The van der Waals surface area contributed by atoms with E-state index in [1.807, 2.05) is 30.3 Å². The molecule has 2 aromatic carbocycles. The van der Waals surface area contributed by atoms with Gasteiger partial charge in [0.2, 0.25) is 5.91 Å². The Balaban J connectivity index is 1.73. The molecule has 2 atom stereocenters. The quantitative estimate of drug-likeness (QED) is 0.223. The molecule has 9 nitrogen and oxygen atoms in total. The van der Waals surface area contributed by atoms with Gasteiger partial charge in [0, 0.05) is 5.75 Å². The number of β-lactam (4-membered cyclic amide) rings is 1. The zero-order valence-corrected chi connectivity index (χ0v) is 25.2. The average Bonchev–Trinajstić information content (AvgIpc) is 2.91. The first-order chi connectivity index (χ1) is 19.4. The van der Waals surface area contributed by atoms with Gasteiger partial charge in [0.1, 0.15) is 35.1 Å². The highest BCUT2D eigenvalue weighted by molar-refractivity contribution is 8.00. The number of ether oxygens (including phenoxy) is 3. The summed E-state index contributed by atoms with van der Waals surface area (Å²) in [6.45, 7) is 8.83. The molecule has 0 saturated carbocycles. The summed E-state index contributed by atoms with van der Waals surface area (Å²) in [6, 6.07) is 15.5. The van der Waals surface area contributed by atoms with Gasteiger partial charge in [0.05, 0.1) is 20.0 Å². The Bertz CT molecular complexity index is 1270. The molecule has 1 heterocycles. The number of carbonyl (C=O) groups is 4. The van der Waals surface area contributed by atoms with Gasteiger partial charge in [0.25, 0.3) is 5.91 Å². The lowest BCUT2D eigenvalue weighted by Gasteiger charge is -2.47. The Morgan fingerprint density at radius 3 is 2.22 bits per heavy atom. The molecule has 0 spiro atoms. The summed E-state index contributed by atoms with van der Waals surface area (Å²) < 4.78 is 16.1. The smallest absolute Gasteiger partial charge is 0.355 e. The second-order valence-electron chi connectivity index (χ2n) is 10.8. The second kappa shape index (κ2) is 14.2. The molecule has 2 amide bonds. The first kappa shape index (κ1) is 31.7. The van der Waals surface area contributed by atoms with Gasteiger partial charge >= 0.3 is 11.9 Å². The molecule has 220 valence electrons. The van der Waals surface area contributed by atoms with Crippen molar-refractivity contribution in [3.63, 3.8) is 0 Å². The number of rotatable bonds is 12. The third-order valence-corrected chi connectivity index (χ3v) is 7.28. The number of nitrogens with zero attached hydrogens (tertiary/aromatic N) is 1. The maximum Gasteiger partial charge on any atom is 0.355 e. The number of benzene rings is 2. The van der Waals surface area contributed by atoms with Crippen molar-refractivity contribution in [3.8, 4) is 5.75 Å². The third kappa shape index (κ3) is 9.11. The van der Waals surface area contributed by atoms with Crippen LogP contribution >= 0.6 is 11.8 Å². The molecule has 3 rings (SSSR count). The van der Waals surface area contributed by atoms with Gasteiger partial charge in [0.15, 0.2) is 0 Å². The molecule has 41 heavy (non-hydrogen) atoms. The fourth-order valence-electron chi connectivity index (χ4n) is 4.15. The number of likely N-dealkylation sites (tertiary alicyclic amines) is 1.